The standard InChI is InChI=1S/C16H18N2O4S/c1-17-16(19)12-18(23(2,20)21)14-10-6-7-11-15(14)22-13-8-4-3-5-9-13/h3-11H,12H2,1-2H3,(H,17,19). The molecule has 0 aliphatic heterocycles. The molecule has 0 spiro atoms. The molecule has 2 rings (SSSR count). The molecule has 23 heavy (non-hydrogen) atoms. The van der Waals surface area contributed by atoms with E-state index in [4.69, 9.17) is 4.74 Å². The fourth-order valence-corrected chi connectivity index (χ4v) is 2.82. The summed E-state index contributed by atoms with van der Waals surface area (Å²) >= 11 is 0. The Labute approximate surface area is 135 Å². The van der Waals surface area contributed by atoms with Crippen LogP contribution in [-0.4, -0.2) is 34.2 Å². The molecule has 0 radical (unpaired) electrons. The summed E-state index contributed by atoms with van der Waals surface area (Å²) in [4.78, 5) is 11.7. The summed E-state index contributed by atoms with van der Waals surface area (Å²) in [6, 6.07) is 15.7. The first kappa shape index (κ1) is 16.8. The molecule has 0 fully saturated rings. The van der Waals surface area contributed by atoms with Crippen LogP contribution in [-0.2, 0) is 14.8 Å². The van der Waals surface area contributed by atoms with Gasteiger partial charge < -0.3 is 10.1 Å². The third-order valence-electron chi connectivity index (χ3n) is 3.07. The monoisotopic (exact) mass is 334 g/mol. The van der Waals surface area contributed by atoms with Gasteiger partial charge in [-0.3, -0.25) is 9.10 Å². The Hall–Kier alpha value is -2.54. The van der Waals surface area contributed by atoms with Crippen molar-refractivity contribution in [3.8, 4) is 11.5 Å². The summed E-state index contributed by atoms with van der Waals surface area (Å²) in [5.74, 6) is 0.520. The molecule has 1 amide bonds. The summed E-state index contributed by atoms with van der Waals surface area (Å²) in [7, 11) is -2.19. The normalized spacial score (nSPS) is 10.9. The van der Waals surface area contributed by atoms with Gasteiger partial charge in [-0.05, 0) is 24.3 Å². The van der Waals surface area contributed by atoms with Gasteiger partial charge in [-0.2, -0.15) is 0 Å². The SMILES string of the molecule is CNC(=O)CN(c1ccccc1Oc1ccccc1)S(C)(=O)=O. The van der Waals surface area contributed by atoms with E-state index in [0.29, 0.717) is 17.2 Å². The number of benzene rings is 2. The summed E-state index contributed by atoms with van der Waals surface area (Å²) in [5, 5.41) is 2.42. The number of ether oxygens (including phenoxy) is 1. The van der Waals surface area contributed by atoms with E-state index in [2.05, 4.69) is 5.32 Å². The minimum Gasteiger partial charge on any atom is -0.455 e. The van der Waals surface area contributed by atoms with Crippen LogP contribution in [0.3, 0.4) is 0 Å². The molecule has 0 saturated carbocycles. The largest absolute Gasteiger partial charge is 0.455 e. The second-order valence-electron chi connectivity index (χ2n) is 4.83. The van der Waals surface area contributed by atoms with E-state index in [1.165, 1.54) is 7.05 Å². The number of hydrogen-bond donors (Lipinski definition) is 1. The fourth-order valence-electron chi connectivity index (χ4n) is 1.96. The van der Waals surface area contributed by atoms with Gasteiger partial charge in [0, 0.05) is 7.05 Å². The summed E-state index contributed by atoms with van der Waals surface area (Å²) < 4.78 is 30.9. The van der Waals surface area contributed by atoms with E-state index < -0.39 is 15.9 Å². The van der Waals surface area contributed by atoms with E-state index >= 15 is 0 Å². The van der Waals surface area contributed by atoms with Crippen LogP contribution in [0, 0.1) is 0 Å². The molecule has 6 nitrogen and oxygen atoms in total. The lowest BCUT2D eigenvalue weighted by atomic mass is 10.3. The Morgan fingerprint density at radius 1 is 1.09 bits per heavy atom. The molecule has 0 bridgehead atoms. The minimum atomic E-state index is -3.65. The molecule has 7 heteroatoms. The lowest BCUT2D eigenvalue weighted by molar-refractivity contribution is -0.119. The zero-order valence-corrected chi connectivity index (χ0v) is 13.7. The average molecular weight is 334 g/mol. The van der Waals surface area contributed by atoms with Gasteiger partial charge in [0.25, 0.3) is 0 Å². The van der Waals surface area contributed by atoms with Gasteiger partial charge in [-0.15, -0.1) is 0 Å². The van der Waals surface area contributed by atoms with Crippen LogP contribution in [0.4, 0.5) is 5.69 Å². The number of nitrogens with zero attached hydrogens (tertiary/aromatic N) is 1. The Balaban J connectivity index is 2.41. The highest BCUT2D eigenvalue weighted by molar-refractivity contribution is 7.92. The van der Waals surface area contributed by atoms with Crippen molar-refractivity contribution in [1.29, 1.82) is 0 Å². The maximum Gasteiger partial charge on any atom is 0.240 e. The van der Waals surface area contributed by atoms with Crippen molar-refractivity contribution in [1.82, 2.24) is 5.32 Å². The number of para-hydroxylation sites is 3. The van der Waals surface area contributed by atoms with Crippen LogP contribution in [0.1, 0.15) is 0 Å². The second kappa shape index (κ2) is 7.15. The average Bonchev–Trinajstić information content (AvgIpc) is 2.53. The van der Waals surface area contributed by atoms with Gasteiger partial charge in [-0.25, -0.2) is 8.42 Å². The molecule has 0 heterocycles. The smallest absolute Gasteiger partial charge is 0.240 e. The number of carbonyl (C=O) groups is 1. The Kier molecular flexibility index (Phi) is 5.23. The first-order valence-electron chi connectivity index (χ1n) is 6.92. The molecule has 0 aromatic heterocycles. The third-order valence-corrected chi connectivity index (χ3v) is 4.20. The number of anilines is 1. The van der Waals surface area contributed by atoms with Crippen molar-refractivity contribution >= 4 is 21.6 Å². The summed E-state index contributed by atoms with van der Waals surface area (Å²) in [6.07, 6.45) is 1.05. The number of hydrogen-bond acceptors (Lipinski definition) is 4. The van der Waals surface area contributed by atoms with E-state index in [1.54, 1.807) is 36.4 Å². The number of nitrogens with one attached hydrogen (secondary N) is 1. The predicted octanol–water partition coefficient (Wildman–Crippen LogP) is 1.99. The number of likely N-dealkylation sites (N-methyl/N-ethyl adjacent to an activating group) is 1. The number of amides is 1. The van der Waals surface area contributed by atoms with Gasteiger partial charge in [0.15, 0.2) is 5.75 Å². The van der Waals surface area contributed by atoms with Crippen LogP contribution >= 0.6 is 0 Å². The van der Waals surface area contributed by atoms with Crippen molar-refractivity contribution in [2.24, 2.45) is 0 Å². The first-order chi connectivity index (χ1) is 10.9. The van der Waals surface area contributed by atoms with Gasteiger partial charge in [0.2, 0.25) is 15.9 Å². The molecule has 122 valence electrons. The fraction of sp³-hybridized carbons (Fsp3) is 0.188. The minimum absolute atomic E-state index is 0.308. The lowest BCUT2D eigenvalue weighted by Crippen LogP contribution is -2.39. The molecule has 2 aromatic carbocycles. The van der Waals surface area contributed by atoms with Crippen molar-refractivity contribution < 1.29 is 17.9 Å². The van der Waals surface area contributed by atoms with Crippen LogP contribution in [0.2, 0.25) is 0 Å². The van der Waals surface area contributed by atoms with Crippen molar-refractivity contribution in [2.45, 2.75) is 0 Å². The van der Waals surface area contributed by atoms with Crippen molar-refractivity contribution in [3.05, 3.63) is 54.6 Å². The molecule has 2 aromatic rings. The zero-order valence-electron chi connectivity index (χ0n) is 12.9. The lowest BCUT2D eigenvalue weighted by Gasteiger charge is -2.23. The predicted molar refractivity (Wildman–Crippen MR) is 89.2 cm³/mol. The van der Waals surface area contributed by atoms with E-state index in [0.717, 1.165) is 10.6 Å². The topological polar surface area (TPSA) is 75.7 Å². The Morgan fingerprint density at radius 3 is 2.30 bits per heavy atom. The molecule has 0 saturated heterocycles. The Morgan fingerprint density at radius 2 is 1.70 bits per heavy atom. The molecule has 0 atom stereocenters. The van der Waals surface area contributed by atoms with Gasteiger partial charge in [-0.1, -0.05) is 30.3 Å². The Bertz CT molecular complexity index is 776. The molecule has 0 aliphatic rings. The molecule has 0 aliphatic carbocycles. The molecule has 0 unspecified atom stereocenters. The molecular formula is C16H18N2O4S. The van der Waals surface area contributed by atoms with Crippen molar-refractivity contribution in [2.75, 3.05) is 24.2 Å². The van der Waals surface area contributed by atoms with Crippen LogP contribution < -0.4 is 14.4 Å². The van der Waals surface area contributed by atoms with Gasteiger partial charge in [0.1, 0.15) is 12.3 Å². The summed E-state index contributed by atoms with van der Waals surface area (Å²) in [5.41, 5.74) is 0.308. The van der Waals surface area contributed by atoms with Crippen LogP contribution in [0.15, 0.2) is 54.6 Å². The first-order valence-corrected chi connectivity index (χ1v) is 8.77. The highest BCUT2D eigenvalue weighted by atomic mass is 32.2. The highest BCUT2D eigenvalue weighted by Gasteiger charge is 2.23. The molecular weight excluding hydrogens is 316 g/mol. The van der Waals surface area contributed by atoms with Gasteiger partial charge >= 0.3 is 0 Å². The highest BCUT2D eigenvalue weighted by Crippen LogP contribution is 2.33. The van der Waals surface area contributed by atoms with E-state index in [9.17, 15) is 13.2 Å². The van der Waals surface area contributed by atoms with Gasteiger partial charge in [0.05, 0.1) is 11.9 Å². The maximum atomic E-state index is 12.1. The number of rotatable bonds is 6. The number of sulfonamides is 1. The van der Waals surface area contributed by atoms with E-state index in [-0.39, 0.29) is 6.54 Å². The summed E-state index contributed by atoms with van der Waals surface area (Å²) in [6.45, 7) is -0.315. The van der Waals surface area contributed by atoms with Crippen LogP contribution in [0.25, 0.3) is 0 Å². The number of carbonyl (C=O) groups excluding carboxylic acids is 1. The quantitative estimate of drug-likeness (QED) is 0.876. The maximum absolute atomic E-state index is 12.1. The molecule has 1 N–H and O–H groups in total. The third kappa shape index (κ3) is 4.46. The van der Waals surface area contributed by atoms with Crippen LogP contribution in [0.5, 0.6) is 11.5 Å². The van der Waals surface area contributed by atoms with Crippen molar-refractivity contribution in [3.63, 3.8) is 0 Å². The van der Waals surface area contributed by atoms with E-state index in [1.807, 2.05) is 18.2 Å². The zero-order chi connectivity index (χ0) is 16.9. The second-order valence-corrected chi connectivity index (χ2v) is 6.73.